The van der Waals surface area contributed by atoms with Crippen LogP contribution in [0.25, 0.3) is 0 Å². The van der Waals surface area contributed by atoms with Crippen molar-refractivity contribution >= 4 is 23.1 Å². The van der Waals surface area contributed by atoms with E-state index in [0.717, 1.165) is 17.1 Å². The highest BCUT2D eigenvalue weighted by Crippen LogP contribution is 2.19. The van der Waals surface area contributed by atoms with Gasteiger partial charge in [0.15, 0.2) is 0 Å². The molecule has 1 heterocycles. The van der Waals surface area contributed by atoms with Gasteiger partial charge in [-0.2, -0.15) is 10.2 Å². The van der Waals surface area contributed by atoms with E-state index in [4.69, 9.17) is 5.26 Å². The molecular formula is C18H15N5. The Balaban J connectivity index is 1.84. The van der Waals surface area contributed by atoms with Crippen LogP contribution in [0.2, 0.25) is 0 Å². The van der Waals surface area contributed by atoms with Gasteiger partial charge >= 0.3 is 0 Å². The summed E-state index contributed by atoms with van der Waals surface area (Å²) in [4.78, 5) is 8.85. The van der Waals surface area contributed by atoms with Crippen molar-refractivity contribution in [2.75, 3.05) is 10.6 Å². The topological polar surface area (TPSA) is 73.6 Å². The first-order chi connectivity index (χ1) is 11.2. The summed E-state index contributed by atoms with van der Waals surface area (Å²) in [6, 6.07) is 21.0. The lowest BCUT2D eigenvalue weighted by Crippen LogP contribution is -2.02. The standard InChI is InChI=1S/C18H15N5/c1-13-10-17(21-16-9-5-6-14(11-16)12-19)23-18(20-13)22-15-7-3-2-4-8-15/h2-11H,1H3,(H2,20,21,22,23). The summed E-state index contributed by atoms with van der Waals surface area (Å²) in [6.07, 6.45) is 0. The number of benzene rings is 2. The molecule has 0 saturated carbocycles. The van der Waals surface area contributed by atoms with E-state index in [1.54, 1.807) is 12.1 Å². The molecule has 3 rings (SSSR count). The van der Waals surface area contributed by atoms with Crippen LogP contribution in [0.3, 0.4) is 0 Å². The van der Waals surface area contributed by atoms with Gasteiger partial charge in [0.2, 0.25) is 5.95 Å². The SMILES string of the molecule is Cc1cc(Nc2cccc(C#N)c2)nc(Nc2ccccc2)n1. The third-order valence-corrected chi connectivity index (χ3v) is 3.15. The normalized spacial score (nSPS) is 9.91. The number of hydrogen-bond donors (Lipinski definition) is 2. The van der Waals surface area contributed by atoms with Crippen LogP contribution in [0.15, 0.2) is 60.7 Å². The minimum Gasteiger partial charge on any atom is -0.340 e. The van der Waals surface area contributed by atoms with Crippen molar-refractivity contribution in [3.63, 3.8) is 0 Å². The van der Waals surface area contributed by atoms with Crippen molar-refractivity contribution in [3.05, 3.63) is 71.9 Å². The predicted molar refractivity (Wildman–Crippen MR) is 90.9 cm³/mol. The van der Waals surface area contributed by atoms with Crippen molar-refractivity contribution in [3.8, 4) is 6.07 Å². The quantitative estimate of drug-likeness (QED) is 0.757. The zero-order valence-electron chi connectivity index (χ0n) is 12.6. The van der Waals surface area contributed by atoms with Crippen LogP contribution in [-0.4, -0.2) is 9.97 Å². The summed E-state index contributed by atoms with van der Waals surface area (Å²) in [6.45, 7) is 1.91. The Morgan fingerprint density at radius 2 is 1.65 bits per heavy atom. The maximum absolute atomic E-state index is 8.97. The third-order valence-electron chi connectivity index (χ3n) is 3.15. The van der Waals surface area contributed by atoms with Crippen LogP contribution in [0.5, 0.6) is 0 Å². The summed E-state index contributed by atoms with van der Waals surface area (Å²) in [5, 5.41) is 15.3. The molecule has 0 aliphatic carbocycles. The second kappa shape index (κ2) is 6.58. The van der Waals surface area contributed by atoms with Gasteiger partial charge in [0.1, 0.15) is 5.82 Å². The largest absolute Gasteiger partial charge is 0.340 e. The molecule has 3 aromatic rings. The van der Waals surface area contributed by atoms with E-state index < -0.39 is 0 Å². The van der Waals surface area contributed by atoms with E-state index in [0.29, 0.717) is 17.3 Å². The fourth-order valence-corrected chi connectivity index (χ4v) is 2.15. The van der Waals surface area contributed by atoms with Crippen LogP contribution >= 0.6 is 0 Å². The number of rotatable bonds is 4. The summed E-state index contributed by atoms with van der Waals surface area (Å²) < 4.78 is 0. The van der Waals surface area contributed by atoms with Gasteiger partial charge in [-0.3, -0.25) is 0 Å². The second-order valence-corrected chi connectivity index (χ2v) is 5.03. The van der Waals surface area contributed by atoms with E-state index in [2.05, 4.69) is 26.7 Å². The third kappa shape index (κ3) is 3.83. The average Bonchev–Trinajstić information content (AvgIpc) is 2.55. The van der Waals surface area contributed by atoms with Crippen LogP contribution in [0.4, 0.5) is 23.1 Å². The molecule has 0 unspecified atom stereocenters. The molecule has 0 amide bonds. The highest BCUT2D eigenvalue weighted by Gasteiger charge is 2.04. The highest BCUT2D eigenvalue weighted by atomic mass is 15.1. The molecule has 2 aromatic carbocycles. The summed E-state index contributed by atoms with van der Waals surface area (Å²) in [5.41, 5.74) is 3.18. The number of nitrogens with zero attached hydrogens (tertiary/aromatic N) is 3. The minimum absolute atomic E-state index is 0.523. The second-order valence-electron chi connectivity index (χ2n) is 5.03. The van der Waals surface area contributed by atoms with Gasteiger partial charge in [-0.1, -0.05) is 24.3 Å². The minimum atomic E-state index is 0.523. The Bertz CT molecular complexity index is 853. The van der Waals surface area contributed by atoms with Gasteiger partial charge < -0.3 is 10.6 Å². The van der Waals surface area contributed by atoms with Crippen LogP contribution < -0.4 is 10.6 Å². The summed E-state index contributed by atoms with van der Waals surface area (Å²) in [7, 11) is 0. The van der Waals surface area contributed by atoms with E-state index in [9.17, 15) is 0 Å². The molecule has 0 aliphatic heterocycles. The van der Waals surface area contributed by atoms with E-state index in [1.165, 1.54) is 0 Å². The first-order valence-corrected chi connectivity index (χ1v) is 7.18. The molecule has 0 radical (unpaired) electrons. The zero-order valence-corrected chi connectivity index (χ0v) is 12.6. The zero-order chi connectivity index (χ0) is 16.1. The molecule has 112 valence electrons. The number of nitriles is 1. The van der Waals surface area contributed by atoms with Gasteiger partial charge in [-0.25, -0.2) is 4.98 Å². The number of hydrogen-bond acceptors (Lipinski definition) is 5. The molecule has 1 aromatic heterocycles. The molecule has 0 aliphatic rings. The number of aryl methyl sites for hydroxylation is 1. The van der Waals surface area contributed by atoms with Crippen LogP contribution in [0, 0.1) is 18.3 Å². The van der Waals surface area contributed by atoms with Crippen LogP contribution in [-0.2, 0) is 0 Å². The van der Waals surface area contributed by atoms with Crippen molar-refractivity contribution in [1.82, 2.24) is 9.97 Å². The number of anilines is 4. The van der Waals surface area contributed by atoms with Crippen molar-refractivity contribution < 1.29 is 0 Å². The number of nitrogens with one attached hydrogen (secondary N) is 2. The van der Waals surface area contributed by atoms with Gasteiger partial charge in [0, 0.05) is 23.1 Å². The fourth-order valence-electron chi connectivity index (χ4n) is 2.15. The lowest BCUT2D eigenvalue weighted by Gasteiger charge is -2.10. The van der Waals surface area contributed by atoms with Crippen LogP contribution in [0.1, 0.15) is 11.3 Å². The summed E-state index contributed by atoms with van der Waals surface area (Å²) in [5.74, 6) is 1.20. The Hall–Kier alpha value is -3.39. The maximum atomic E-state index is 8.97. The molecule has 0 bridgehead atoms. The Labute approximate surface area is 134 Å². The average molecular weight is 301 g/mol. The lowest BCUT2D eigenvalue weighted by molar-refractivity contribution is 1.11. The van der Waals surface area contributed by atoms with Crippen molar-refractivity contribution in [2.24, 2.45) is 0 Å². The van der Waals surface area contributed by atoms with E-state index in [-0.39, 0.29) is 0 Å². The molecule has 2 N–H and O–H groups in total. The van der Waals surface area contributed by atoms with Crippen molar-refractivity contribution in [1.29, 1.82) is 5.26 Å². The smallest absolute Gasteiger partial charge is 0.229 e. The molecular weight excluding hydrogens is 286 g/mol. The fraction of sp³-hybridized carbons (Fsp3) is 0.0556. The molecule has 5 heteroatoms. The van der Waals surface area contributed by atoms with E-state index in [1.807, 2.05) is 55.5 Å². The highest BCUT2D eigenvalue weighted by molar-refractivity contribution is 5.61. The number of aromatic nitrogens is 2. The van der Waals surface area contributed by atoms with Gasteiger partial charge in [-0.05, 0) is 37.3 Å². The first kappa shape index (κ1) is 14.5. The molecule has 0 saturated heterocycles. The van der Waals surface area contributed by atoms with Gasteiger partial charge in [0.25, 0.3) is 0 Å². The van der Waals surface area contributed by atoms with Gasteiger partial charge in [-0.15, -0.1) is 0 Å². The predicted octanol–water partition coefficient (Wildman–Crippen LogP) is 4.14. The molecule has 0 atom stereocenters. The maximum Gasteiger partial charge on any atom is 0.229 e. The van der Waals surface area contributed by atoms with E-state index >= 15 is 0 Å². The lowest BCUT2D eigenvalue weighted by atomic mass is 10.2. The Kier molecular flexibility index (Phi) is 4.16. The molecule has 0 spiro atoms. The number of para-hydroxylation sites is 1. The monoisotopic (exact) mass is 301 g/mol. The Morgan fingerprint density at radius 3 is 2.43 bits per heavy atom. The molecule has 5 nitrogen and oxygen atoms in total. The summed E-state index contributed by atoms with van der Waals surface area (Å²) >= 11 is 0. The van der Waals surface area contributed by atoms with Crippen molar-refractivity contribution in [2.45, 2.75) is 6.92 Å². The Morgan fingerprint density at radius 1 is 0.870 bits per heavy atom. The molecule has 0 fully saturated rings. The molecule has 23 heavy (non-hydrogen) atoms. The first-order valence-electron chi connectivity index (χ1n) is 7.18. The van der Waals surface area contributed by atoms with Gasteiger partial charge in [0.05, 0.1) is 11.6 Å².